The van der Waals surface area contributed by atoms with Crippen LogP contribution in [0.15, 0.2) is 29.2 Å². The average molecular weight is 346 g/mol. The van der Waals surface area contributed by atoms with Crippen LogP contribution in [0, 0.1) is 5.92 Å². The molecule has 1 N–H and O–H groups in total. The zero-order valence-electron chi connectivity index (χ0n) is 14.5. The van der Waals surface area contributed by atoms with Crippen LogP contribution in [0.4, 0.5) is 5.69 Å². The molecule has 24 heavy (non-hydrogen) atoms. The fourth-order valence-corrected chi connectivity index (χ4v) is 4.78. The van der Waals surface area contributed by atoms with Crippen LogP contribution in [0.2, 0.25) is 0 Å². The van der Waals surface area contributed by atoms with E-state index in [0.29, 0.717) is 5.92 Å². The largest absolute Gasteiger partial charge is 0.352 e. The summed E-state index contributed by atoms with van der Waals surface area (Å²) in [5.41, 5.74) is 0.865. The number of carbonyl (C=O) groups excluding carboxylic acids is 2. The van der Waals surface area contributed by atoms with Gasteiger partial charge in [0.15, 0.2) is 0 Å². The summed E-state index contributed by atoms with van der Waals surface area (Å²) in [6.45, 7) is 4.34. The lowest BCUT2D eigenvalue weighted by molar-refractivity contribution is -0.124. The molecule has 3 rings (SSSR count). The lowest BCUT2D eigenvalue weighted by Gasteiger charge is -2.34. The minimum atomic E-state index is -0.0960. The van der Waals surface area contributed by atoms with Crippen LogP contribution in [-0.2, 0) is 9.59 Å². The normalized spacial score (nSPS) is 26.8. The number of carbonyl (C=O) groups is 2. The molecule has 1 aromatic rings. The molecule has 0 unspecified atom stereocenters. The summed E-state index contributed by atoms with van der Waals surface area (Å²) in [4.78, 5) is 28.1. The number of hydrogen-bond acceptors (Lipinski definition) is 3. The number of para-hydroxylation sites is 1. The second-order valence-corrected chi connectivity index (χ2v) is 8.09. The molecule has 5 heteroatoms. The molecule has 1 heterocycles. The molecule has 130 valence electrons. The fraction of sp³-hybridized carbons (Fsp3) is 0.579. The molecule has 0 spiro atoms. The number of hydrogen-bond donors (Lipinski definition) is 1. The maximum atomic E-state index is 12.7. The highest BCUT2D eigenvalue weighted by molar-refractivity contribution is 8.01. The molecule has 0 aromatic heterocycles. The predicted octanol–water partition coefficient (Wildman–Crippen LogP) is 3.60. The van der Waals surface area contributed by atoms with Crippen molar-refractivity contribution in [2.75, 3.05) is 11.4 Å². The van der Waals surface area contributed by atoms with E-state index in [4.69, 9.17) is 0 Å². The number of thioether (sulfide) groups is 1. The van der Waals surface area contributed by atoms with Crippen LogP contribution in [0.5, 0.6) is 0 Å². The summed E-state index contributed by atoms with van der Waals surface area (Å²) in [5, 5.41) is 3.06. The summed E-state index contributed by atoms with van der Waals surface area (Å²) in [6.07, 6.45) is 5.42. The summed E-state index contributed by atoms with van der Waals surface area (Å²) in [5.74, 6) is 0.526. The molecule has 1 aliphatic carbocycles. The molecule has 0 radical (unpaired) electrons. The van der Waals surface area contributed by atoms with E-state index in [0.717, 1.165) is 23.4 Å². The van der Waals surface area contributed by atoms with E-state index in [1.165, 1.54) is 19.3 Å². The monoisotopic (exact) mass is 346 g/mol. The lowest BCUT2D eigenvalue weighted by Crippen LogP contribution is -2.49. The first-order valence-corrected chi connectivity index (χ1v) is 9.84. The Kier molecular flexibility index (Phi) is 5.49. The average Bonchev–Trinajstić information content (AvgIpc) is 2.59. The Labute approximate surface area is 148 Å². The molecular formula is C19H26N2O2S. The van der Waals surface area contributed by atoms with Crippen molar-refractivity contribution in [3.05, 3.63) is 24.3 Å². The smallest absolute Gasteiger partial charge is 0.240 e. The van der Waals surface area contributed by atoms with Crippen molar-refractivity contribution in [1.29, 1.82) is 0 Å². The first kappa shape index (κ1) is 17.3. The van der Waals surface area contributed by atoms with E-state index >= 15 is 0 Å². The zero-order valence-corrected chi connectivity index (χ0v) is 15.3. The van der Waals surface area contributed by atoms with E-state index in [2.05, 4.69) is 12.2 Å². The number of amides is 2. The van der Waals surface area contributed by atoms with Crippen LogP contribution < -0.4 is 10.2 Å². The predicted molar refractivity (Wildman–Crippen MR) is 98.3 cm³/mol. The lowest BCUT2D eigenvalue weighted by atomic mass is 9.86. The summed E-state index contributed by atoms with van der Waals surface area (Å²) < 4.78 is 0. The third-order valence-electron chi connectivity index (χ3n) is 5.10. The molecule has 2 aliphatic rings. The summed E-state index contributed by atoms with van der Waals surface area (Å²) in [7, 11) is 0. The minimum Gasteiger partial charge on any atom is -0.352 e. The highest BCUT2D eigenvalue weighted by Crippen LogP contribution is 2.39. The van der Waals surface area contributed by atoms with Crippen LogP contribution >= 0.6 is 11.8 Å². The van der Waals surface area contributed by atoms with Crippen molar-refractivity contribution < 1.29 is 9.59 Å². The third-order valence-corrected chi connectivity index (χ3v) is 6.52. The second kappa shape index (κ2) is 7.60. The van der Waals surface area contributed by atoms with Gasteiger partial charge in [0, 0.05) is 10.9 Å². The van der Waals surface area contributed by atoms with Crippen molar-refractivity contribution in [3.8, 4) is 0 Å². The van der Waals surface area contributed by atoms with Gasteiger partial charge in [0.2, 0.25) is 11.8 Å². The molecule has 0 saturated heterocycles. The maximum Gasteiger partial charge on any atom is 0.240 e. The summed E-state index contributed by atoms with van der Waals surface area (Å²) in [6, 6.07) is 8.12. The van der Waals surface area contributed by atoms with Gasteiger partial charge in [-0.2, -0.15) is 0 Å². The number of fused-ring (bicyclic) bond motifs is 1. The summed E-state index contributed by atoms with van der Waals surface area (Å²) >= 11 is 1.61. The van der Waals surface area contributed by atoms with Gasteiger partial charge < -0.3 is 10.2 Å². The second-order valence-electron chi connectivity index (χ2n) is 6.84. The first-order valence-electron chi connectivity index (χ1n) is 8.96. The van der Waals surface area contributed by atoms with Crippen LogP contribution in [-0.4, -0.2) is 29.7 Å². The Morgan fingerprint density at radius 1 is 1.29 bits per heavy atom. The van der Waals surface area contributed by atoms with Crippen molar-refractivity contribution in [2.24, 2.45) is 5.92 Å². The van der Waals surface area contributed by atoms with Gasteiger partial charge in [-0.3, -0.25) is 9.59 Å². The van der Waals surface area contributed by atoms with Crippen molar-refractivity contribution in [3.63, 3.8) is 0 Å². The Morgan fingerprint density at radius 2 is 2.04 bits per heavy atom. The Hall–Kier alpha value is -1.49. The van der Waals surface area contributed by atoms with Crippen LogP contribution in [0.25, 0.3) is 0 Å². The molecule has 4 nitrogen and oxygen atoms in total. The van der Waals surface area contributed by atoms with Gasteiger partial charge >= 0.3 is 0 Å². The first-order chi connectivity index (χ1) is 11.6. The molecule has 1 fully saturated rings. The molecule has 0 bridgehead atoms. The van der Waals surface area contributed by atoms with E-state index in [1.54, 1.807) is 16.7 Å². The number of nitrogens with zero attached hydrogens (tertiary/aromatic N) is 1. The quantitative estimate of drug-likeness (QED) is 0.906. The number of anilines is 1. The van der Waals surface area contributed by atoms with Gasteiger partial charge in [-0.05, 0) is 37.3 Å². The standard InChI is InChI=1S/C19H26N2O2S/c1-3-16-19(23)21(15-10-6-7-11-17(15)24-16)12-18(22)20-14-9-5-4-8-13(14)2/h6-7,10-11,13-14,16H,3-5,8-9,12H2,1-2H3,(H,20,22)/t13-,14+,16-/m0/s1. The van der Waals surface area contributed by atoms with Crippen LogP contribution in [0.3, 0.4) is 0 Å². The third kappa shape index (κ3) is 3.61. The Balaban J connectivity index is 1.72. The number of rotatable bonds is 4. The minimum absolute atomic E-state index is 0.0429. The van der Waals surface area contributed by atoms with E-state index in [1.807, 2.05) is 31.2 Å². The van der Waals surface area contributed by atoms with Crippen molar-refractivity contribution in [1.82, 2.24) is 5.32 Å². The van der Waals surface area contributed by atoms with Gasteiger partial charge in [-0.15, -0.1) is 11.8 Å². The maximum absolute atomic E-state index is 12.7. The van der Waals surface area contributed by atoms with Crippen LogP contribution in [0.1, 0.15) is 46.0 Å². The highest BCUT2D eigenvalue weighted by atomic mass is 32.2. The zero-order chi connectivity index (χ0) is 17.1. The molecular weight excluding hydrogens is 320 g/mol. The molecule has 2 amide bonds. The molecule has 1 aromatic carbocycles. The van der Waals surface area contributed by atoms with Crippen molar-refractivity contribution in [2.45, 2.75) is 62.1 Å². The van der Waals surface area contributed by atoms with Gasteiger partial charge in [-0.25, -0.2) is 0 Å². The fourth-order valence-electron chi connectivity index (χ4n) is 3.62. The SMILES string of the molecule is CC[C@@H]1Sc2ccccc2N(CC(=O)N[C@@H]2CCCC[C@@H]2C)C1=O. The van der Waals surface area contributed by atoms with E-state index in [9.17, 15) is 9.59 Å². The Morgan fingerprint density at radius 3 is 2.79 bits per heavy atom. The number of benzene rings is 1. The molecule has 1 aliphatic heterocycles. The molecule has 1 saturated carbocycles. The van der Waals surface area contributed by atoms with Crippen molar-refractivity contribution >= 4 is 29.3 Å². The van der Waals surface area contributed by atoms with Gasteiger partial charge in [-0.1, -0.05) is 38.8 Å². The van der Waals surface area contributed by atoms with E-state index in [-0.39, 0.29) is 29.7 Å². The molecule has 3 atom stereocenters. The number of nitrogens with one attached hydrogen (secondary N) is 1. The Bertz CT molecular complexity index is 619. The van der Waals surface area contributed by atoms with Gasteiger partial charge in [0.1, 0.15) is 6.54 Å². The topological polar surface area (TPSA) is 49.4 Å². The van der Waals surface area contributed by atoms with Gasteiger partial charge in [0.25, 0.3) is 0 Å². The highest BCUT2D eigenvalue weighted by Gasteiger charge is 2.34. The van der Waals surface area contributed by atoms with Gasteiger partial charge in [0.05, 0.1) is 10.9 Å². The van der Waals surface area contributed by atoms with E-state index < -0.39 is 0 Å².